The third-order valence-corrected chi connectivity index (χ3v) is 12.1. The van der Waals surface area contributed by atoms with Crippen molar-refractivity contribution in [3.63, 3.8) is 0 Å². The van der Waals surface area contributed by atoms with Gasteiger partial charge in [0.2, 0.25) is 0 Å². The lowest BCUT2D eigenvalue weighted by Crippen LogP contribution is -2.11. The van der Waals surface area contributed by atoms with E-state index in [1.807, 2.05) is 23.5 Å². The van der Waals surface area contributed by atoms with E-state index >= 15 is 0 Å². The monoisotopic (exact) mass is 719 g/mol. The maximum Gasteiger partial charge on any atom is 0.136 e. The Balaban J connectivity index is 1.08. The van der Waals surface area contributed by atoms with Crippen LogP contribution in [0.4, 0.5) is 17.1 Å². The van der Waals surface area contributed by atoms with Gasteiger partial charge in [-0.05, 0) is 87.3 Å². The van der Waals surface area contributed by atoms with E-state index in [1.54, 1.807) is 0 Å². The summed E-state index contributed by atoms with van der Waals surface area (Å²) in [7, 11) is 0. The molecule has 11 aromatic rings. The normalized spacial score (nSPS) is 11.6. The molecule has 0 atom stereocenters. The summed E-state index contributed by atoms with van der Waals surface area (Å²) < 4.78 is 8.82. The van der Waals surface area contributed by atoms with Gasteiger partial charge < -0.3 is 9.32 Å². The average Bonchev–Trinajstić information content (AvgIpc) is 3.84. The van der Waals surface area contributed by atoms with Crippen molar-refractivity contribution in [3.05, 3.63) is 200 Å². The maximum absolute atomic E-state index is 6.23. The largest absolute Gasteiger partial charge is 0.456 e. The fourth-order valence-electron chi connectivity index (χ4n) is 8.34. The lowest BCUT2D eigenvalue weighted by atomic mass is 9.95. The molecule has 3 heteroatoms. The summed E-state index contributed by atoms with van der Waals surface area (Å²) in [5, 5.41) is 7.26. The first kappa shape index (κ1) is 31.6. The molecule has 0 aliphatic carbocycles. The van der Waals surface area contributed by atoms with Gasteiger partial charge in [0.15, 0.2) is 0 Å². The highest BCUT2D eigenvalue weighted by Crippen LogP contribution is 2.49. The first-order valence-corrected chi connectivity index (χ1v) is 19.5. The van der Waals surface area contributed by atoms with Gasteiger partial charge in [-0.2, -0.15) is 0 Å². The summed E-state index contributed by atoms with van der Waals surface area (Å²) in [6.07, 6.45) is 0. The number of para-hydroxylation sites is 1. The van der Waals surface area contributed by atoms with Gasteiger partial charge in [0, 0.05) is 42.0 Å². The summed E-state index contributed by atoms with van der Waals surface area (Å²) in [4.78, 5) is 2.46. The molecule has 258 valence electrons. The van der Waals surface area contributed by atoms with Gasteiger partial charge in [-0.25, -0.2) is 0 Å². The number of nitrogens with zero attached hydrogens (tertiary/aromatic N) is 1. The Hall–Kier alpha value is -6.94. The van der Waals surface area contributed by atoms with Gasteiger partial charge in [-0.3, -0.25) is 0 Å². The Morgan fingerprint density at radius 1 is 0.382 bits per heavy atom. The Kier molecular flexibility index (Phi) is 7.39. The molecule has 0 spiro atoms. The van der Waals surface area contributed by atoms with Crippen molar-refractivity contribution in [1.82, 2.24) is 0 Å². The summed E-state index contributed by atoms with van der Waals surface area (Å²) in [5.41, 5.74) is 12.4. The molecule has 0 amide bonds. The third kappa shape index (κ3) is 5.24. The number of thiophene rings is 1. The zero-order valence-electron chi connectivity index (χ0n) is 29.8. The van der Waals surface area contributed by atoms with E-state index in [0.29, 0.717) is 0 Å². The van der Waals surface area contributed by atoms with Crippen molar-refractivity contribution in [2.45, 2.75) is 0 Å². The van der Waals surface area contributed by atoms with E-state index < -0.39 is 0 Å². The smallest absolute Gasteiger partial charge is 0.136 e. The molecule has 0 saturated heterocycles. The molecular weight excluding hydrogens is 687 g/mol. The zero-order valence-corrected chi connectivity index (χ0v) is 30.6. The second-order valence-electron chi connectivity index (χ2n) is 14.0. The van der Waals surface area contributed by atoms with E-state index in [-0.39, 0.29) is 0 Å². The molecule has 55 heavy (non-hydrogen) atoms. The van der Waals surface area contributed by atoms with Crippen LogP contribution in [0.2, 0.25) is 0 Å². The second kappa shape index (κ2) is 12.9. The van der Waals surface area contributed by atoms with Crippen molar-refractivity contribution in [3.8, 4) is 33.4 Å². The van der Waals surface area contributed by atoms with Gasteiger partial charge in [-0.15, -0.1) is 11.3 Å². The Labute approximate surface area is 322 Å². The van der Waals surface area contributed by atoms with Crippen LogP contribution < -0.4 is 4.90 Å². The highest BCUT2D eigenvalue weighted by atomic mass is 32.1. The minimum atomic E-state index is 0.909. The van der Waals surface area contributed by atoms with Crippen molar-refractivity contribution in [2.75, 3.05) is 4.90 Å². The molecule has 0 aliphatic rings. The first-order valence-electron chi connectivity index (χ1n) is 18.7. The highest BCUT2D eigenvalue weighted by Gasteiger charge is 2.22. The number of rotatable bonds is 6. The molecule has 0 aliphatic heterocycles. The van der Waals surface area contributed by atoms with E-state index in [2.05, 4.69) is 193 Å². The summed E-state index contributed by atoms with van der Waals surface area (Å²) in [5.74, 6) is 0. The van der Waals surface area contributed by atoms with Crippen LogP contribution in [-0.2, 0) is 0 Å². The number of hydrogen-bond donors (Lipinski definition) is 0. The van der Waals surface area contributed by atoms with Crippen LogP contribution in [0, 0.1) is 0 Å². The van der Waals surface area contributed by atoms with Crippen molar-refractivity contribution in [2.24, 2.45) is 0 Å². The zero-order chi connectivity index (χ0) is 36.3. The van der Waals surface area contributed by atoms with Gasteiger partial charge in [0.25, 0.3) is 0 Å². The van der Waals surface area contributed by atoms with Gasteiger partial charge in [0.1, 0.15) is 11.2 Å². The van der Waals surface area contributed by atoms with Gasteiger partial charge in [-0.1, -0.05) is 152 Å². The summed E-state index contributed by atoms with van der Waals surface area (Å²) in [6.45, 7) is 0. The van der Waals surface area contributed by atoms with Crippen LogP contribution >= 0.6 is 11.3 Å². The molecule has 2 nitrogen and oxygen atoms in total. The van der Waals surface area contributed by atoms with Crippen molar-refractivity contribution < 1.29 is 4.42 Å². The molecule has 9 aromatic carbocycles. The molecule has 11 rings (SSSR count). The van der Waals surface area contributed by atoms with E-state index in [9.17, 15) is 0 Å². The molecule has 0 unspecified atom stereocenters. The molecule has 0 N–H and O–H groups in total. The van der Waals surface area contributed by atoms with Crippen molar-refractivity contribution >= 4 is 81.3 Å². The predicted octanol–water partition coefficient (Wildman–Crippen LogP) is 15.6. The average molecular weight is 720 g/mol. The molecule has 2 heterocycles. The standard InChI is InChI=1S/C52H33NOS/c1-2-13-36(14-3-1)42-31-32-46(51-44-21-7-9-26-49(44)55-52(42)51)53(45-23-11-16-35-15-4-5-19-40(35)45)39-29-27-34(28-30-39)37-17-10-18-38(33-37)41-22-12-25-48-50(41)43-20-6-8-24-47(43)54-48/h1-33H. The number of furan rings is 1. The lowest BCUT2D eigenvalue weighted by molar-refractivity contribution is 0.669. The van der Waals surface area contributed by atoms with E-state index in [0.717, 1.165) is 33.3 Å². The Morgan fingerprint density at radius 2 is 1.05 bits per heavy atom. The Morgan fingerprint density at radius 3 is 1.95 bits per heavy atom. The number of fused-ring (bicyclic) bond motifs is 7. The van der Waals surface area contributed by atoms with Crippen LogP contribution in [0.25, 0.3) is 86.3 Å². The van der Waals surface area contributed by atoms with E-state index in [1.165, 1.54) is 70.0 Å². The first-order chi connectivity index (χ1) is 27.3. The second-order valence-corrected chi connectivity index (χ2v) is 15.1. The van der Waals surface area contributed by atoms with Crippen LogP contribution in [0.5, 0.6) is 0 Å². The van der Waals surface area contributed by atoms with E-state index in [4.69, 9.17) is 4.42 Å². The van der Waals surface area contributed by atoms with Crippen LogP contribution in [0.15, 0.2) is 205 Å². The summed E-state index contributed by atoms with van der Waals surface area (Å²) in [6, 6.07) is 72.2. The number of hydrogen-bond acceptors (Lipinski definition) is 3. The van der Waals surface area contributed by atoms with Crippen LogP contribution in [-0.4, -0.2) is 0 Å². The highest BCUT2D eigenvalue weighted by molar-refractivity contribution is 7.26. The minimum absolute atomic E-state index is 0.909. The number of benzene rings is 9. The minimum Gasteiger partial charge on any atom is -0.456 e. The fourth-order valence-corrected chi connectivity index (χ4v) is 9.60. The molecule has 0 saturated carbocycles. The Bertz CT molecular complexity index is 3200. The topological polar surface area (TPSA) is 16.4 Å². The molecule has 0 bridgehead atoms. The van der Waals surface area contributed by atoms with Gasteiger partial charge in [0.05, 0.1) is 11.4 Å². The van der Waals surface area contributed by atoms with Gasteiger partial charge >= 0.3 is 0 Å². The van der Waals surface area contributed by atoms with Crippen molar-refractivity contribution in [1.29, 1.82) is 0 Å². The summed E-state index contributed by atoms with van der Waals surface area (Å²) >= 11 is 1.88. The SMILES string of the molecule is c1ccc(-c2ccc(N(c3ccc(-c4cccc(-c5cccc6oc7ccccc7c56)c4)cc3)c3cccc4ccccc34)c3c2sc2ccccc23)cc1. The van der Waals surface area contributed by atoms with Crippen LogP contribution in [0.3, 0.4) is 0 Å². The fraction of sp³-hybridized carbons (Fsp3) is 0. The predicted molar refractivity (Wildman–Crippen MR) is 235 cm³/mol. The molecule has 2 aromatic heterocycles. The molecular formula is C52H33NOS. The lowest BCUT2D eigenvalue weighted by Gasteiger charge is -2.28. The third-order valence-electron chi connectivity index (χ3n) is 10.9. The molecule has 0 radical (unpaired) electrons. The van der Waals surface area contributed by atoms with Crippen LogP contribution in [0.1, 0.15) is 0 Å². The molecule has 0 fully saturated rings. The quantitative estimate of drug-likeness (QED) is 0.170. The maximum atomic E-state index is 6.23. The number of anilines is 3.